The first kappa shape index (κ1) is 20.6. The minimum atomic E-state index is -0.876. The van der Waals surface area contributed by atoms with Gasteiger partial charge in [0, 0.05) is 15.5 Å². The predicted octanol–water partition coefficient (Wildman–Crippen LogP) is 5.39. The van der Waals surface area contributed by atoms with Crippen LogP contribution in [-0.4, -0.2) is 18.5 Å². The van der Waals surface area contributed by atoms with Crippen LogP contribution in [-0.2, 0) is 9.53 Å². The molecular formula is C23H20FNO3S. The van der Waals surface area contributed by atoms with Crippen LogP contribution in [0, 0.1) is 19.7 Å². The van der Waals surface area contributed by atoms with Gasteiger partial charge in [-0.2, -0.15) is 0 Å². The topological polar surface area (TPSA) is 55.4 Å². The van der Waals surface area contributed by atoms with E-state index < -0.39 is 24.3 Å². The first-order valence-electron chi connectivity index (χ1n) is 8.99. The Morgan fingerprint density at radius 2 is 1.72 bits per heavy atom. The van der Waals surface area contributed by atoms with Crippen molar-refractivity contribution in [3.63, 3.8) is 0 Å². The number of aryl methyl sites for hydroxylation is 2. The highest BCUT2D eigenvalue weighted by Gasteiger charge is 2.14. The number of hydrogen-bond acceptors (Lipinski definition) is 4. The SMILES string of the molecule is Cc1ccc(C)c(Sc2ccc(NC(=O)COC(=O)c3ccccc3F)cc2)c1. The highest BCUT2D eigenvalue weighted by atomic mass is 32.2. The normalized spacial score (nSPS) is 10.4. The minimum absolute atomic E-state index is 0.201. The van der Waals surface area contributed by atoms with Gasteiger partial charge in [0.15, 0.2) is 6.61 Å². The third kappa shape index (κ3) is 5.68. The van der Waals surface area contributed by atoms with E-state index in [1.54, 1.807) is 23.9 Å². The summed E-state index contributed by atoms with van der Waals surface area (Å²) in [6.07, 6.45) is 0. The molecular weight excluding hydrogens is 389 g/mol. The Balaban J connectivity index is 1.54. The van der Waals surface area contributed by atoms with E-state index in [1.807, 2.05) is 12.1 Å². The van der Waals surface area contributed by atoms with Gasteiger partial charge in [0.2, 0.25) is 0 Å². The Labute approximate surface area is 173 Å². The van der Waals surface area contributed by atoms with Crippen molar-refractivity contribution in [2.45, 2.75) is 23.6 Å². The number of hydrogen-bond donors (Lipinski definition) is 1. The summed E-state index contributed by atoms with van der Waals surface area (Å²) in [6, 6.07) is 19.2. The van der Waals surface area contributed by atoms with Crippen LogP contribution in [0.25, 0.3) is 0 Å². The molecule has 4 nitrogen and oxygen atoms in total. The van der Waals surface area contributed by atoms with Crippen LogP contribution in [0.3, 0.4) is 0 Å². The second-order valence-corrected chi connectivity index (χ2v) is 7.61. The fourth-order valence-corrected chi connectivity index (χ4v) is 3.58. The summed E-state index contributed by atoms with van der Waals surface area (Å²) in [5.41, 5.74) is 2.79. The number of nitrogens with one attached hydrogen (secondary N) is 1. The van der Waals surface area contributed by atoms with Gasteiger partial charge < -0.3 is 10.1 Å². The van der Waals surface area contributed by atoms with Crippen molar-refractivity contribution in [3.05, 3.63) is 89.2 Å². The predicted molar refractivity (Wildman–Crippen MR) is 112 cm³/mol. The van der Waals surface area contributed by atoms with Gasteiger partial charge in [-0.3, -0.25) is 4.79 Å². The second-order valence-electron chi connectivity index (χ2n) is 6.50. The standard InChI is InChI=1S/C23H20FNO3S/c1-15-7-8-16(2)21(13-15)29-18-11-9-17(10-12-18)25-22(26)14-28-23(27)19-5-3-4-6-20(19)24/h3-13H,14H2,1-2H3,(H,25,26). The van der Waals surface area contributed by atoms with Crippen molar-refractivity contribution in [3.8, 4) is 0 Å². The summed E-state index contributed by atoms with van der Waals surface area (Å²) in [5.74, 6) is -2.06. The van der Waals surface area contributed by atoms with E-state index in [0.29, 0.717) is 5.69 Å². The van der Waals surface area contributed by atoms with Crippen LogP contribution in [0.1, 0.15) is 21.5 Å². The molecule has 0 saturated heterocycles. The maximum Gasteiger partial charge on any atom is 0.341 e. The lowest BCUT2D eigenvalue weighted by Gasteiger charge is -2.09. The quantitative estimate of drug-likeness (QED) is 0.555. The number of ether oxygens (including phenoxy) is 1. The van der Waals surface area contributed by atoms with Crippen LogP contribution >= 0.6 is 11.8 Å². The maximum absolute atomic E-state index is 13.5. The van der Waals surface area contributed by atoms with Crippen molar-refractivity contribution < 1.29 is 18.7 Å². The molecule has 0 aliphatic rings. The number of rotatable bonds is 6. The smallest absolute Gasteiger partial charge is 0.341 e. The zero-order valence-electron chi connectivity index (χ0n) is 16.1. The van der Waals surface area contributed by atoms with E-state index in [0.717, 1.165) is 11.0 Å². The molecule has 0 spiro atoms. The van der Waals surface area contributed by atoms with Gasteiger partial charge in [0.1, 0.15) is 5.82 Å². The molecule has 3 aromatic carbocycles. The molecule has 0 saturated carbocycles. The molecule has 0 aliphatic heterocycles. The van der Waals surface area contributed by atoms with Crippen LogP contribution < -0.4 is 5.32 Å². The van der Waals surface area contributed by atoms with Crippen molar-refractivity contribution in [2.75, 3.05) is 11.9 Å². The molecule has 0 atom stereocenters. The molecule has 0 aliphatic carbocycles. The summed E-state index contributed by atoms with van der Waals surface area (Å²) in [6.45, 7) is 3.63. The Morgan fingerprint density at radius 1 is 1.00 bits per heavy atom. The van der Waals surface area contributed by atoms with Crippen molar-refractivity contribution in [1.29, 1.82) is 0 Å². The number of amides is 1. The zero-order valence-corrected chi connectivity index (χ0v) is 16.9. The van der Waals surface area contributed by atoms with Gasteiger partial charge in [-0.1, -0.05) is 36.0 Å². The summed E-state index contributed by atoms with van der Waals surface area (Å²) in [7, 11) is 0. The number of esters is 1. The number of anilines is 1. The summed E-state index contributed by atoms with van der Waals surface area (Å²) >= 11 is 1.65. The lowest BCUT2D eigenvalue weighted by Crippen LogP contribution is -2.21. The highest BCUT2D eigenvalue weighted by Crippen LogP contribution is 2.31. The van der Waals surface area contributed by atoms with Crippen LogP contribution in [0.15, 0.2) is 76.5 Å². The summed E-state index contributed by atoms with van der Waals surface area (Å²) in [4.78, 5) is 26.1. The molecule has 0 heterocycles. The molecule has 3 aromatic rings. The maximum atomic E-state index is 13.5. The monoisotopic (exact) mass is 409 g/mol. The fraction of sp³-hybridized carbons (Fsp3) is 0.130. The zero-order chi connectivity index (χ0) is 20.8. The van der Waals surface area contributed by atoms with Crippen LogP contribution in [0.4, 0.5) is 10.1 Å². The average Bonchev–Trinajstić information content (AvgIpc) is 2.71. The Hall–Kier alpha value is -3.12. The number of benzene rings is 3. The third-order valence-corrected chi connectivity index (χ3v) is 5.31. The lowest BCUT2D eigenvalue weighted by atomic mass is 10.2. The van der Waals surface area contributed by atoms with Gasteiger partial charge in [-0.15, -0.1) is 0 Å². The van der Waals surface area contributed by atoms with Crippen LogP contribution in [0.2, 0.25) is 0 Å². The Kier molecular flexibility index (Phi) is 6.67. The van der Waals surface area contributed by atoms with Gasteiger partial charge in [-0.25, -0.2) is 9.18 Å². The molecule has 29 heavy (non-hydrogen) atoms. The number of halogens is 1. The van der Waals surface area contributed by atoms with Crippen LogP contribution in [0.5, 0.6) is 0 Å². The Bertz CT molecular complexity index is 1030. The Morgan fingerprint density at radius 3 is 2.45 bits per heavy atom. The van der Waals surface area contributed by atoms with E-state index in [1.165, 1.54) is 34.2 Å². The largest absolute Gasteiger partial charge is 0.452 e. The second kappa shape index (κ2) is 9.39. The molecule has 3 rings (SSSR count). The van der Waals surface area contributed by atoms with Gasteiger partial charge >= 0.3 is 5.97 Å². The molecule has 0 unspecified atom stereocenters. The summed E-state index contributed by atoms with van der Waals surface area (Å²) in [5, 5.41) is 2.66. The molecule has 1 amide bonds. The van der Waals surface area contributed by atoms with E-state index in [-0.39, 0.29) is 5.56 Å². The molecule has 6 heteroatoms. The molecule has 0 fully saturated rings. The lowest BCUT2D eigenvalue weighted by molar-refractivity contribution is -0.119. The first-order valence-corrected chi connectivity index (χ1v) is 9.81. The summed E-state index contributed by atoms with van der Waals surface area (Å²) < 4.78 is 18.4. The molecule has 148 valence electrons. The molecule has 1 N–H and O–H groups in total. The number of carbonyl (C=O) groups excluding carboxylic acids is 2. The molecule has 0 bridgehead atoms. The fourth-order valence-electron chi connectivity index (χ4n) is 2.58. The van der Waals surface area contributed by atoms with Crippen molar-refractivity contribution in [2.24, 2.45) is 0 Å². The van der Waals surface area contributed by atoms with Gasteiger partial charge in [0.05, 0.1) is 5.56 Å². The van der Waals surface area contributed by atoms with Crippen molar-refractivity contribution in [1.82, 2.24) is 0 Å². The minimum Gasteiger partial charge on any atom is -0.452 e. The van der Waals surface area contributed by atoms with E-state index in [4.69, 9.17) is 4.74 Å². The van der Waals surface area contributed by atoms with Crippen molar-refractivity contribution >= 4 is 29.3 Å². The van der Waals surface area contributed by atoms with E-state index in [2.05, 4.69) is 37.4 Å². The number of carbonyl (C=O) groups is 2. The first-order chi connectivity index (χ1) is 13.9. The molecule has 0 radical (unpaired) electrons. The third-order valence-electron chi connectivity index (χ3n) is 4.14. The average molecular weight is 409 g/mol. The molecule has 0 aromatic heterocycles. The van der Waals surface area contributed by atoms with E-state index in [9.17, 15) is 14.0 Å². The van der Waals surface area contributed by atoms with E-state index >= 15 is 0 Å². The van der Waals surface area contributed by atoms with Gasteiger partial charge in [0.25, 0.3) is 5.91 Å². The highest BCUT2D eigenvalue weighted by molar-refractivity contribution is 7.99. The van der Waals surface area contributed by atoms with Gasteiger partial charge in [-0.05, 0) is 67.4 Å².